The molecule has 5 N–H and O–H groups in total. The van der Waals surface area contributed by atoms with E-state index in [9.17, 15) is 29.1 Å². The first-order valence-corrected chi connectivity index (χ1v) is 12.3. The molecule has 1 heterocycles. The Morgan fingerprint density at radius 3 is 2.28 bits per heavy atom. The fourth-order valence-electron chi connectivity index (χ4n) is 5.04. The van der Waals surface area contributed by atoms with Crippen LogP contribution in [0.5, 0.6) is 0 Å². The molecule has 0 bridgehead atoms. The molecule has 0 aliphatic carbocycles. The van der Waals surface area contributed by atoms with Crippen molar-refractivity contribution in [1.29, 1.82) is 0 Å². The summed E-state index contributed by atoms with van der Waals surface area (Å²) in [6.07, 6.45) is -0.364. The number of benzene rings is 3. The summed E-state index contributed by atoms with van der Waals surface area (Å²) in [4.78, 5) is 66.4. The van der Waals surface area contributed by atoms with Crippen LogP contribution in [0.4, 0.5) is 16.2 Å². The summed E-state index contributed by atoms with van der Waals surface area (Å²) in [6, 6.07) is 18.4. The number of Topliss-reactive ketones (excluding diaryl/α,β-unsaturated/α-hetero) is 1. The van der Waals surface area contributed by atoms with Crippen LogP contribution in [0, 0.1) is 5.92 Å². The van der Waals surface area contributed by atoms with Gasteiger partial charge in [-0.3, -0.25) is 19.3 Å². The molecule has 0 radical (unpaired) electrons. The molecule has 3 aromatic carbocycles. The summed E-state index contributed by atoms with van der Waals surface area (Å²) in [7, 11) is 0. The number of anilines is 2. The number of carbonyl (C=O) groups excluding carboxylic acids is 4. The van der Waals surface area contributed by atoms with E-state index in [1.807, 2.05) is 0 Å². The topological polar surface area (TPSA) is 159 Å². The molecule has 0 saturated heterocycles. The fourth-order valence-corrected chi connectivity index (χ4v) is 5.04. The van der Waals surface area contributed by atoms with Crippen molar-refractivity contribution in [3.05, 3.63) is 95.6 Å². The molecule has 0 fully saturated rings. The zero-order chi connectivity index (χ0) is 28.3. The number of hydrogen-bond donors (Lipinski definition) is 4. The molecule has 3 aromatic rings. The summed E-state index contributed by atoms with van der Waals surface area (Å²) >= 11 is 0. The predicted molar refractivity (Wildman–Crippen MR) is 144 cm³/mol. The van der Waals surface area contributed by atoms with Gasteiger partial charge in [0.15, 0.2) is 11.3 Å². The Bertz CT molecular complexity index is 1450. The number of rotatable bonds is 7. The lowest BCUT2D eigenvalue weighted by atomic mass is 9.76. The molecule has 1 aliphatic rings. The number of amides is 4. The van der Waals surface area contributed by atoms with Gasteiger partial charge in [0.05, 0.1) is 11.3 Å². The lowest BCUT2D eigenvalue weighted by molar-refractivity contribution is -0.131. The minimum absolute atomic E-state index is 0.0406. The Balaban J connectivity index is 1.80. The number of carboxylic acid groups (broad SMARTS) is 1. The fraction of sp³-hybridized carbons (Fsp3) is 0.207. The molecule has 4 amide bonds. The quantitative estimate of drug-likeness (QED) is 0.367. The van der Waals surface area contributed by atoms with E-state index >= 15 is 0 Å². The smallest absolute Gasteiger partial charge is 0.335 e. The Morgan fingerprint density at radius 2 is 1.64 bits per heavy atom. The number of nitrogens with two attached hydrogens (primary N) is 1. The van der Waals surface area contributed by atoms with Gasteiger partial charge >= 0.3 is 12.0 Å². The van der Waals surface area contributed by atoms with Gasteiger partial charge in [-0.05, 0) is 41.8 Å². The Hall–Kier alpha value is -4.99. The SMILES string of the molecule is CC(C)C(C(N)=O)(c1ccccc1)N1C(=O)C(NC(=O)Nc2cccc(C(=O)O)c2)CC(=O)c2ccccc21. The number of primary amides is 1. The summed E-state index contributed by atoms with van der Waals surface area (Å²) < 4.78 is 0. The normalized spacial score (nSPS) is 16.6. The number of ketones is 1. The molecule has 200 valence electrons. The predicted octanol–water partition coefficient (Wildman–Crippen LogP) is 3.53. The van der Waals surface area contributed by atoms with E-state index in [1.165, 1.54) is 29.2 Å². The van der Waals surface area contributed by atoms with Crippen molar-refractivity contribution in [2.75, 3.05) is 10.2 Å². The average molecular weight is 529 g/mol. The van der Waals surface area contributed by atoms with Crippen LogP contribution in [-0.4, -0.2) is 40.7 Å². The van der Waals surface area contributed by atoms with E-state index in [0.29, 0.717) is 5.56 Å². The average Bonchev–Trinajstić information content (AvgIpc) is 3.00. The van der Waals surface area contributed by atoms with Crippen molar-refractivity contribution in [2.45, 2.75) is 31.8 Å². The molecule has 0 spiro atoms. The zero-order valence-corrected chi connectivity index (χ0v) is 21.4. The van der Waals surface area contributed by atoms with Gasteiger partial charge in [-0.15, -0.1) is 0 Å². The van der Waals surface area contributed by atoms with E-state index in [1.54, 1.807) is 68.4 Å². The van der Waals surface area contributed by atoms with Crippen LogP contribution in [0.25, 0.3) is 0 Å². The molecular formula is C29H28N4O6. The third-order valence-electron chi connectivity index (χ3n) is 6.80. The lowest BCUT2D eigenvalue weighted by Crippen LogP contribution is -2.64. The van der Waals surface area contributed by atoms with Gasteiger partial charge in [0.1, 0.15) is 6.04 Å². The molecule has 39 heavy (non-hydrogen) atoms. The van der Waals surface area contributed by atoms with Crippen molar-refractivity contribution >= 4 is 41.0 Å². The minimum Gasteiger partial charge on any atom is -0.478 e. The highest BCUT2D eigenvalue weighted by atomic mass is 16.4. The number of carbonyl (C=O) groups is 5. The van der Waals surface area contributed by atoms with Crippen molar-refractivity contribution in [3.8, 4) is 0 Å². The molecular weight excluding hydrogens is 500 g/mol. The van der Waals surface area contributed by atoms with Crippen molar-refractivity contribution < 1.29 is 29.1 Å². The highest BCUT2D eigenvalue weighted by molar-refractivity contribution is 6.16. The van der Waals surface area contributed by atoms with Gasteiger partial charge < -0.3 is 21.5 Å². The Labute approximate surface area is 224 Å². The molecule has 10 nitrogen and oxygen atoms in total. The number of fused-ring (bicyclic) bond motifs is 1. The molecule has 0 aromatic heterocycles. The molecule has 0 saturated carbocycles. The number of aromatic carboxylic acids is 1. The monoisotopic (exact) mass is 528 g/mol. The van der Waals surface area contributed by atoms with Crippen LogP contribution < -0.4 is 21.3 Å². The second kappa shape index (κ2) is 10.8. The number of nitrogens with one attached hydrogen (secondary N) is 2. The summed E-state index contributed by atoms with van der Waals surface area (Å²) in [5, 5.41) is 14.3. The summed E-state index contributed by atoms with van der Waals surface area (Å²) in [5.41, 5.74) is 5.39. The van der Waals surface area contributed by atoms with E-state index in [4.69, 9.17) is 5.73 Å². The number of para-hydroxylation sites is 1. The van der Waals surface area contributed by atoms with Gasteiger partial charge in [0, 0.05) is 17.7 Å². The Morgan fingerprint density at radius 1 is 0.974 bits per heavy atom. The lowest BCUT2D eigenvalue weighted by Gasteiger charge is -2.45. The van der Waals surface area contributed by atoms with Crippen LogP contribution in [0.1, 0.15) is 46.5 Å². The standard InChI is InChI=1S/C29H28N4O6/c1-17(2)29(27(30)38,19-10-4-3-5-11-19)33-23-14-7-6-13-21(23)24(34)16-22(25(33)35)32-28(39)31-20-12-8-9-18(15-20)26(36)37/h3-15,17,22H,16H2,1-2H3,(H2,30,38)(H,36,37)(H2,31,32,39). The van der Waals surface area contributed by atoms with Crippen LogP contribution >= 0.6 is 0 Å². The van der Waals surface area contributed by atoms with Crippen LogP contribution in [-0.2, 0) is 15.1 Å². The van der Waals surface area contributed by atoms with Gasteiger partial charge in [-0.2, -0.15) is 0 Å². The largest absolute Gasteiger partial charge is 0.478 e. The second-order valence-electron chi connectivity index (χ2n) is 9.51. The molecule has 2 atom stereocenters. The van der Waals surface area contributed by atoms with Gasteiger partial charge in [-0.25, -0.2) is 9.59 Å². The summed E-state index contributed by atoms with van der Waals surface area (Å²) in [5.74, 6) is -3.60. The van der Waals surface area contributed by atoms with E-state index in [2.05, 4.69) is 10.6 Å². The first-order valence-electron chi connectivity index (χ1n) is 12.3. The third-order valence-corrected chi connectivity index (χ3v) is 6.80. The minimum atomic E-state index is -1.69. The molecule has 10 heteroatoms. The Kier molecular flexibility index (Phi) is 7.48. The van der Waals surface area contributed by atoms with Gasteiger partial charge in [-0.1, -0.05) is 62.4 Å². The first kappa shape index (κ1) is 27.1. The number of urea groups is 1. The zero-order valence-electron chi connectivity index (χ0n) is 21.4. The molecule has 4 rings (SSSR count). The van der Waals surface area contributed by atoms with Crippen LogP contribution in [0.2, 0.25) is 0 Å². The van der Waals surface area contributed by atoms with Gasteiger partial charge in [0.2, 0.25) is 5.91 Å². The number of hydrogen-bond acceptors (Lipinski definition) is 5. The first-order chi connectivity index (χ1) is 18.6. The maximum Gasteiger partial charge on any atom is 0.335 e. The van der Waals surface area contributed by atoms with Crippen molar-refractivity contribution in [3.63, 3.8) is 0 Å². The molecule has 1 aliphatic heterocycles. The maximum absolute atomic E-state index is 14.3. The van der Waals surface area contributed by atoms with E-state index in [-0.39, 0.29) is 28.9 Å². The second-order valence-corrected chi connectivity index (χ2v) is 9.51. The highest BCUT2D eigenvalue weighted by Gasteiger charge is 2.53. The molecule has 2 unspecified atom stereocenters. The van der Waals surface area contributed by atoms with E-state index in [0.717, 1.165) is 0 Å². The summed E-state index contributed by atoms with van der Waals surface area (Å²) in [6.45, 7) is 3.51. The van der Waals surface area contributed by atoms with E-state index < -0.39 is 47.1 Å². The van der Waals surface area contributed by atoms with Crippen molar-refractivity contribution in [1.82, 2.24) is 5.32 Å². The van der Waals surface area contributed by atoms with Crippen molar-refractivity contribution in [2.24, 2.45) is 11.7 Å². The highest BCUT2D eigenvalue weighted by Crippen LogP contribution is 2.42. The van der Waals surface area contributed by atoms with Gasteiger partial charge in [0.25, 0.3) is 5.91 Å². The van der Waals surface area contributed by atoms with Crippen LogP contribution in [0.3, 0.4) is 0 Å². The number of nitrogens with zero attached hydrogens (tertiary/aromatic N) is 1. The maximum atomic E-state index is 14.3. The number of carboxylic acids is 1. The third kappa shape index (κ3) is 4.96. The van der Waals surface area contributed by atoms with Crippen LogP contribution in [0.15, 0.2) is 78.9 Å².